The molecule has 86 valence electrons. The second-order valence-electron chi connectivity index (χ2n) is 4.29. The van der Waals surface area contributed by atoms with Crippen LogP contribution in [0.1, 0.15) is 27.0 Å². The summed E-state index contributed by atoms with van der Waals surface area (Å²) in [7, 11) is 0. The topological polar surface area (TPSA) is 43.1 Å². The minimum Gasteiger partial charge on any atom is -0.398 e. The molecular formula is C15H15NO. The first-order valence-corrected chi connectivity index (χ1v) is 5.55. The molecular weight excluding hydrogens is 210 g/mol. The van der Waals surface area contributed by atoms with Crippen molar-refractivity contribution in [2.75, 3.05) is 5.73 Å². The third-order valence-corrected chi connectivity index (χ3v) is 2.69. The van der Waals surface area contributed by atoms with Gasteiger partial charge in [-0.15, -0.1) is 0 Å². The maximum absolute atomic E-state index is 12.3. The summed E-state index contributed by atoms with van der Waals surface area (Å²) in [5, 5.41) is 0. The van der Waals surface area contributed by atoms with Gasteiger partial charge < -0.3 is 5.73 Å². The van der Waals surface area contributed by atoms with E-state index in [2.05, 4.69) is 0 Å². The lowest BCUT2D eigenvalue weighted by atomic mass is 9.98. The van der Waals surface area contributed by atoms with E-state index in [0.29, 0.717) is 16.8 Å². The number of carbonyl (C=O) groups excluding carboxylic acids is 1. The van der Waals surface area contributed by atoms with E-state index >= 15 is 0 Å². The number of aryl methyl sites for hydroxylation is 2. The Labute approximate surface area is 101 Å². The van der Waals surface area contributed by atoms with E-state index in [1.165, 1.54) is 0 Å². The molecule has 0 unspecified atom stereocenters. The Morgan fingerprint density at radius 3 is 2.18 bits per heavy atom. The maximum atomic E-state index is 12.3. The molecule has 0 aliphatic heterocycles. The molecule has 2 rings (SSSR count). The highest BCUT2D eigenvalue weighted by atomic mass is 16.1. The van der Waals surface area contributed by atoms with Crippen molar-refractivity contribution in [2.45, 2.75) is 13.8 Å². The fraction of sp³-hybridized carbons (Fsp3) is 0.133. The van der Waals surface area contributed by atoms with Crippen molar-refractivity contribution in [2.24, 2.45) is 0 Å². The average Bonchev–Trinajstić information content (AvgIpc) is 2.27. The molecule has 17 heavy (non-hydrogen) atoms. The summed E-state index contributed by atoms with van der Waals surface area (Å²) < 4.78 is 0. The van der Waals surface area contributed by atoms with Crippen LogP contribution in [0.3, 0.4) is 0 Å². The zero-order valence-electron chi connectivity index (χ0n) is 10.0. The summed E-state index contributed by atoms with van der Waals surface area (Å²) in [6.07, 6.45) is 0. The first-order valence-electron chi connectivity index (χ1n) is 5.55. The molecule has 0 fully saturated rings. The van der Waals surface area contributed by atoms with Crippen LogP contribution in [-0.4, -0.2) is 5.78 Å². The minimum absolute atomic E-state index is 0.0186. The van der Waals surface area contributed by atoms with Crippen molar-refractivity contribution in [3.05, 3.63) is 64.7 Å². The highest BCUT2D eigenvalue weighted by molar-refractivity contribution is 6.12. The van der Waals surface area contributed by atoms with E-state index in [9.17, 15) is 4.79 Å². The standard InChI is InChI=1S/C15H15NO/c1-10-7-11(2)9-12(8-10)15(17)13-5-3-4-6-14(13)16/h3-9H,16H2,1-2H3. The van der Waals surface area contributed by atoms with Gasteiger partial charge in [0.15, 0.2) is 5.78 Å². The summed E-state index contributed by atoms with van der Waals surface area (Å²) in [4.78, 5) is 12.3. The van der Waals surface area contributed by atoms with Crippen LogP contribution < -0.4 is 5.73 Å². The van der Waals surface area contributed by atoms with Crippen LogP contribution in [-0.2, 0) is 0 Å². The molecule has 0 spiro atoms. The summed E-state index contributed by atoms with van der Waals surface area (Å²) in [6.45, 7) is 3.97. The Morgan fingerprint density at radius 1 is 1.00 bits per heavy atom. The van der Waals surface area contributed by atoms with Gasteiger partial charge in [-0.3, -0.25) is 4.79 Å². The van der Waals surface area contributed by atoms with E-state index in [4.69, 9.17) is 5.73 Å². The largest absolute Gasteiger partial charge is 0.398 e. The van der Waals surface area contributed by atoms with E-state index in [-0.39, 0.29) is 5.78 Å². The first-order chi connectivity index (χ1) is 8.08. The highest BCUT2D eigenvalue weighted by Crippen LogP contribution is 2.18. The lowest BCUT2D eigenvalue weighted by Crippen LogP contribution is -2.05. The number of nitrogen functional groups attached to an aromatic ring is 1. The molecule has 0 atom stereocenters. The van der Waals surface area contributed by atoms with Gasteiger partial charge in [0.25, 0.3) is 0 Å². The predicted octanol–water partition coefficient (Wildman–Crippen LogP) is 3.12. The smallest absolute Gasteiger partial charge is 0.195 e. The average molecular weight is 225 g/mol. The molecule has 0 aliphatic rings. The van der Waals surface area contributed by atoms with E-state index in [1.54, 1.807) is 12.1 Å². The fourth-order valence-electron chi connectivity index (χ4n) is 1.97. The number of anilines is 1. The molecule has 0 amide bonds. The minimum atomic E-state index is -0.0186. The molecule has 0 aromatic heterocycles. The van der Waals surface area contributed by atoms with Gasteiger partial charge in [-0.1, -0.05) is 29.3 Å². The van der Waals surface area contributed by atoms with Crippen molar-refractivity contribution in [1.29, 1.82) is 0 Å². The van der Waals surface area contributed by atoms with Crippen LogP contribution in [0, 0.1) is 13.8 Å². The number of benzene rings is 2. The second kappa shape index (κ2) is 4.42. The van der Waals surface area contributed by atoms with Crippen LogP contribution in [0.15, 0.2) is 42.5 Å². The van der Waals surface area contributed by atoms with E-state index in [0.717, 1.165) is 11.1 Å². The predicted molar refractivity (Wildman–Crippen MR) is 70.2 cm³/mol. The van der Waals surface area contributed by atoms with Crippen LogP contribution in [0.4, 0.5) is 5.69 Å². The van der Waals surface area contributed by atoms with Crippen LogP contribution >= 0.6 is 0 Å². The molecule has 0 bridgehead atoms. The number of para-hydroxylation sites is 1. The second-order valence-corrected chi connectivity index (χ2v) is 4.29. The Kier molecular flexibility index (Phi) is 2.96. The highest BCUT2D eigenvalue weighted by Gasteiger charge is 2.12. The lowest BCUT2D eigenvalue weighted by molar-refractivity contribution is 0.103. The Hall–Kier alpha value is -2.09. The van der Waals surface area contributed by atoms with Gasteiger partial charge in [-0.25, -0.2) is 0 Å². The van der Waals surface area contributed by atoms with Gasteiger partial charge in [0.2, 0.25) is 0 Å². The van der Waals surface area contributed by atoms with Gasteiger partial charge in [-0.2, -0.15) is 0 Å². The normalized spacial score (nSPS) is 10.2. The molecule has 0 saturated carbocycles. The summed E-state index contributed by atoms with van der Waals surface area (Å²) in [5.74, 6) is -0.0186. The zero-order chi connectivity index (χ0) is 12.4. The van der Waals surface area contributed by atoms with Crippen molar-refractivity contribution >= 4 is 11.5 Å². The van der Waals surface area contributed by atoms with Crippen molar-refractivity contribution < 1.29 is 4.79 Å². The van der Waals surface area contributed by atoms with Crippen LogP contribution in [0.5, 0.6) is 0 Å². The number of rotatable bonds is 2. The van der Waals surface area contributed by atoms with Crippen LogP contribution in [0.25, 0.3) is 0 Å². The van der Waals surface area contributed by atoms with Gasteiger partial charge in [0.1, 0.15) is 0 Å². The Balaban J connectivity index is 2.48. The first kappa shape index (κ1) is 11.4. The Bertz CT molecular complexity index is 553. The fourth-order valence-corrected chi connectivity index (χ4v) is 1.97. The number of ketones is 1. The Morgan fingerprint density at radius 2 is 1.59 bits per heavy atom. The number of carbonyl (C=O) groups is 1. The SMILES string of the molecule is Cc1cc(C)cc(C(=O)c2ccccc2N)c1. The molecule has 2 nitrogen and oxygen atoms in total. The number of nitrogens with two attached hydrogens (primary N) is 1. The zero-order valence-corrected chi connectivity index (χ0v) is 10.0. The van der Waals surface area contributed by atoms with Crippen LogP contribution in [0.2, 0.25) is 0 Å². The van der Waals surface area contributed by atoms with E-state index < -0.39 is 0 Å². The summed E-state index contributed by atoms with van der Waals surface area (Å²) >= 11 is 0. The molecule has 2 aromatic rings. The molecule has 0 radical (unpaired) electrons. The van der Waals surface area contributed by atoms with Crippen molar-refractivity contribution in [3.63, 3.8) is 0 Å². The van der Waals surface area contributed by atoms with Gasteiger partial charge in [0.05, 0.1) is 0 Å². The number of hydrogen-bond donors (Lipinski definition) is 1. The lowest BCUT2D eigenvalue weighted by Gasteiger charge is -2.06. The van der Waals surface area contributed by atoms with Gasteiger partial charge in [0, 0.05) is 16.8 Å². The molecule has 0 heterocycles. The molecule has 2 N–H and O–H groups in total. The van der Waals surface area contributed by atoms with Crippen molar-refractivity contribution in [3.8, 4) is 0 Å². The maximum Gasteiger partial charge on any atom is 0.195 e. The third kappa shape index (κ3) is 2.36. The van der Waals surface area contributed by atoms with Gasteiger partial charge >= 0.3 is 0 Å². The monoisotopic (exact) mass is 225 g/mol. The summed E-state index contributed by atoms with van der Waals surface area (Å²) in [5.41, 5.74) is 9.77. The summed E-state index contributed by atoms with van der Waals surface area (Å²) in [6, 6.07) is 13.0. The van der Waals surface area contributed by atoms with E-state index in [1.807, 2.05) is 44.2 Å². The molecule has 2 heteroatoms. The molecule has 2 aromatic carbocycles. The third-order valence-electron chi connectivity index (χ3n) is 2.69. The molecule has 0 aliphatic carbocycles. The molecule has 0 saturated heterocycles. The van der Waals surface area contributed by atoms with Crippen molar-refractivity contribution in [1.82, 2.24) is 0 Å². The van der Waals surface area contributed by atoms with Gasteiger partial charge in [-0.05, 0) is 38.1 Å². The number of hydrogen-bond acceptors (Lipinski definition) is 2. The quantitative estimate of drug-likeness (QED) is 0.630.